The van der Waals surface area contributed by atoms with E-state index in [0.29, 0.717) is 11.3 Å². The van der Waals surface area contributed by atoms with E-state index >= 15 is 0 Å². The lowest BCUT2D eigenvalue weighted by atomic mass is 10.1. The molecule has 0 aliphatic heterocycles. The maximum atomic E-state index is 11.2. The Balaban J connectivity index is 2.57. The van der Waals surface area contributed by atoms with Gasteiger partial charge in [-0.25, -0.2) is 0 Å². The highest BCUT2D eigenvalue weighted by molar-refractivity contribution is 5.99. The molecule has 3 nitrogen and oxygen atoms in total. The van der Waals surface area contributed by atoms with Gasteiger partial charge in [-0.1, -0.05) is 18.2 Å². The molecular weight excluding hydrogens is 190 g/mol. The molecule has 0 atom stereocenters. The van der Waals surface area contributed by atoms with Crippen molar-refractivity contribution in [3.63, 3.8) is 0 Å². The summed E-state index contributed by atoms with van der Waals surface area (Å²) in [6.45, 7) is 1.86. The number of hydrogen-bond acceptors (Lipinski definition) is 2. The van der Waals surface area contributed by atoms with Gasteiger partial charge in [0.25, 0.3) is 0 Å². The van der Waals surface area contributed by atoms with E-state index < -0.39 is 5.91 Å². The van der Waals surface area contributed by atoms with Crippen molar-refractivity contribution in [2.24, 2.45) is 5.73 Å². The van der Waals surface area contributed by atoms with Gasteiger partial charge in [0.05, 0.1) is 5.56 Å². The summed E-state index contributed by atoms with van der Waals surface area (Å²) in [4.78, 5) is 11.2. The molecule has 2 aromatic rings. The van der Waals surface area contributed by atoms with E-state index in [2.05, 4.69) is 0 Å². The van der Waals surface area contributed by atoms with Crippen molar-refractivity contribution in [3.05, 3.63) is 47.7 Å². The number of hydrogen-bond donors (Lipinski definition) is 1. The number of primary amides is 1. The Morgan fingerprint density at radius 3 is 2.53 bits per heavy atom. The average molecular weight is 201 g/mol. The van der Waals surface area contributed by atoms with E-state index in [1.54, 1.807) is 12.1 Å². The second-order valence-electron chi connectivity index (χ2n) is 3.32. The van der Waals surface area contributed by atoms with Crippen molar-refractivity contribution in [2.45, 2.75) is 6.92 Å². The minimum Gasteiger partial charge on any atom is -0.461 e. The lowest BCUT2D eigenvalue weighted by molar-refractivity contribution is 0.100. The van der Waals surface area contributed by atoms with E-state index in [1.807, 2.05) is 31.2 Å². The summed E-state index contributed by atoms with van der Waals surface area (Å²) in [5.41, 5.74) is 6.49. The van der Waals surface area contributed by atoms with Crippen LogP contribution in [0.3, 0.4) is 0 Å². The summed E-state index contributed by atoms with van der Waals surface area (Å²) in [6, 6.07) is 10.8. The monoisotopic (exact) mass is 201 g/mol. The van der Waals surface area contributed by atoms with Crippen LogP contribution in [0, 0.1) is 6.92 Å². The van der Waals surface area contributed by atoms with Crippen LogP contribution < -0.4 is 5.73 Å². The Labute approximate surface area is 87.5 Å². The molecule has 1 aromatic carbocycles. The standard InChI is InChI=1S/C12H11NO2/c1-8-6-7-11(15-8)9-4-2-3-5-10(9)12(13)14/h2-7H,1H3,(H2,13,14). The highest BCUT2D eigenvalue weighted by Gasteiger charge is 2.11. The first-order valence-corrected chi connectivity index (χ1v) is 4.64. The van der Waals surface area contributed by atoms with Crippen LogP contribution in [0.25, 0.3) is 11.3 Å². The third-order valence-corrected chi connectivity index (χ3v) is 2.20. The second-order valence-corrected chi connectivity index (χ2v) is 3.32. The zero-order valence-electron chi connectivity index (χ0n) is 8.36. The normalized spacial score (nSPS) is 10.2. The zero-order valence-corrected chi connectivity index (χ0v) is 8.36. The van der Waals surface area contributed by atoms with E-state index in [9.17, 15) is 4.79 Å². The van der Waals surface area contributed by atoms with E-state index in [0.717, 1.165) is 11.3 Å². The minimum absolute atomic E-state index is 0.445. The van der Waals surface area contributed by atoms with Crippen LogP contribution in [0.2, 0.25) is 0 Å². The van der Waals surface area contributed by atoms with Crippen LogP contribution in [0.5, 0.6) is 0 Å². The van der Waals surface area contributed by atoms with Gasteiger partial charge >= 0.3 is 0 Å². The summed E-state index contributed by atoms with van der Waals surface area (Å²) in [6.07, 6.45) is 0. The molecular formula is C12H11NO2. The fourth-order valence-corrected chi connectivity index (χ4v) is 1.49. The van der Waals surface area contributed by atoms with Crippen LogP contribution in [-0.4, -0.2) is 5.91 Å². The summed E-state index contributed by atoms with van der Waals surface area (Å²) in [5.74, 6) is 1.03. The van der Waals surface area contributed by atoms with Crippen LogP contribution >= 0.6 is 0 Å². The van der Waals surface area contributed by atoms with Gasteiger partial charge in [0.2, 0.25) is 5.91 Å². The van der Waals surface area contributed by atoms with E-state index in [1.165, 1.54) is 0 Å². The molecule has 0 saturated carbocycles. The average Bonchev–Trinajstić information content (AvgIpc) is 2.65. The Bertz CT molecular complexity index is 500. The molecule has 15 heavy (non-hydrogen) atoms. The Kier molecular flexibility index (Phi) is 2.29. The van der Waals surface area contributed by atoms with Crippen LogP contribution in [0.4, 0.5) is 0 Å². The van der Waals surface area contributed by atoms with Crippen LogP contribution in [0.15, 0.2) is 40.8 Å². The molecule has 1 aromatic heterocycles. The highest BCUT2D eigenvalue weighted by atomic mass is 16.3. The van der Waals surface area contributed by atoms with Crippen molar-refractivity contribution >= 4 is 5.91 Å². The number of benzene rings is 1. The Hall–Kier alpha value is -2.03. The number of rotatable bonds is 2. The van der Waals surface area contributed by atoms with Gasteiger partial charge in [-0.3, -0.25) is 4.79 Å². The number of aryl methyl sites for hydroxylation is 1. The van der Waals surface area contributed by atoms with Gasteiger partial charge in [-0.15, -0.1) is 0 Å². The topological polar surface area (TPSA) is 56.2 Å². The van der Waals surface area contributed by atoms with Crippen LogP contribution in [-0.2, 0) is 0 Å². The van der Waals surface area contributed by atoms with Gasteiger partial charge in [0.1, 0.15) is 11.5 Å². The first-order valence-electron chi connectivity index (χ1n) is 4.64. The Morgan fingerprint density at radius 2 is 1.93 bits per heavy atom. The maximum Gasteiger partial charge on any atom is 0.249 e. The smallest absolute Gasteiger partial charge is 0.249 e. The van der Waals surface area contributed by atoms with Crippen LogP contribution in [0.1, 0.15) is 16.1 Å². The molecule has 2 rings (SSSR count). The molecule has 0 fully saturated rings. The number of carbonyl (C=O) groups excluding carboxylic acids is 1. The lowest BCUT2D eigenvalue weighted by Crippen LogP contribution is -2.11. The molecule has 0 aliphatic carbocycles. The lowest BCUT2D eigenvalue weighted by Gasteiger charge is -2.02. The number of amides is 1. The predicted molar refractivity (Wildman–Crippen MR) is 57.4 cm³/mol. The van der Waals surface area contributed by atoms with Crippen molar-refractivity contribution in [1.82, 2.24) is 0 Å². The fourth-order valence-electron chi connectivity index (χ4n) is 1.49. The van der Waals surface area contributed by atoms with Crippen molar-refractivity contribution < 1.29 is 9.21 Å². The van der Waals surface area contributed by atoms with Gasteiger partial charge in [-0.2, -0.15) is 0 Å². The number of furan rings is 1. The molecule has 0 radical (unpaired) electrons. The number of nitrogens with two attached hydrogens (primary N) is 1. The zero-order chi connectivity index (χ0) is 10.8. The third-order valence-electron chi connectivity index (χ3n) is 2.20. The van der Waals surface area contributed by atoms with Gasteiger partial charge in [0, 0.05) is 5.56 Å². The first-order chi connectivity index (χ1) is 7.18. The predicted octanol–water partition coefficient (Wildman–Crippen LogP) is 2.35. The molecule has 0 spiro atoms. The SMILES string of the molecule is Cc1ccc(-c2ccccc2C(N)=O)o1. The molecule has 0 saturated heterocycles. The fraction of sp³-hybridized carbons (Fsp3) is 0.0833. The molecule has 3 heteroatoms. The summed E-state index contributed by atoms with van der Waals surface area (Å²) in [7, 11) is 0. The third kappa shape index (κ3) is 1.76. The van der Waals surface area contributed by atoms with Crippen molar-refractivity contribution in [2.75, 3.05) is 0 Å². The summed E-state index contributed by atoms with van der Waals surface area (Å²) in [5, 5.41) is 0. The van der Waals surface area contributed by atoms with Gasteiger partial charge < -0.3 is 10.2 Å². The highest BCUT2D eigenvalue weighted by Crippen LogP contribution is 2.25. The number of carbonyl (C=O) groups is 1. The van der Waals surface area contributed by atoms with Gasteiger partial charge in [0.15, 0.2) is 0 Å². The molecule has 76 valence electrons. The molecule has 1 amide bonds. The largest absolute Gasteiger partial charge is 0.461 e. The molecule has 0 bridgehead atoms. The van der Waals surface area contributed by atoms with E-state index in [-0.39, 0.29) is 0 Å². The minimum atomic E-state index is -0.445. The second kappa shape index (κ2) is 3.61. The van der Waals surface area contributed by atoms with E-state index in [4.69, 9.17) is 10.2 Å². The summed E-state index contributed by atoms with van der Waals surface area (Å²) < 4.78 is 5.45. The molecule has 0 unspecified atom stereocenters. The van der Waals surface area contributed by atoms with Crippen molar-refractivity contribution in [3.8, 4) is 11.3 Å². The Morgan fingerprint density at radius 1 is 1.20 bits per heavy atom. The van der Waals surface area contributed by atoms with Crippen molar-refractivity contribution in [1.29, 1.82) is 0 Å². The summed E-state index contributed by atoms with van der Waals surface area (Å²) >= 11 is 0. The first kappa shape index (κ1) is 9.52. The quantitative estimate of drug-likeness (QED) is 0.810. The molecule has 1 heterocycles. The van der Waals surface area contributed by atoms with Gasteiger partial charge in [-0.05, 0) is 25.1 Å². The molecule has 2 N–H and O–H groups in total. The molecule has 0 aliphatic rings. The maximum absolute atomic E-state index is 11.2.